The van der Waals surface area contributed by atoms with Crippen LogP contribution in [0.2, 0.25) is 0 Å². The Balaban J connectivity index is 1.79. The largest absolute Gasteiger partial charge is 0.497 e. The highest BCUT2D eigenvalue weighted by Crippen LogP contribution is 2.20. The van der Waals surface area contributed by atoms with Crippen molar-refractivity contribution < 1.29 is 4.74 Å². The second-order valence-electron chi connectivity index (χ2n) is 4.60. The molecule has 100 valence electrons. The molecule has 0 radical (unpaired) electrons. The third-order valence-corrected chi connectivity index (χ3v) is 3.34. The number of anilines is 1. The molecular formula is C17H16N2O. The first-order valence-corrected chi connectivity index (χ1v) is 6.56. The average Bonchev–Trinajstić information content (AvgIpc) is 2.53. The first-order chi connectivity index (χ1) is 9.86. The van der Waals surface area contributed by atoms with Gasteiger partial charge in [-0.25, -0.2) is 0 Å². The molecule has 1 N–H and O–H groups in total. The maximum atomic E-state index is 5.15. The molecule has 0 atom stereocenters. The van der Waals surface area contributed by atoms with Crippen LogP contribution in [-0.4, -0.2) is 12.1 Å². The van der Waals surface area contributed by atoms with Crippen molar-refractivity contribution in [1.29, 1.82) is 0 Å². The summed E-state index contributed by atoms with van der Waals surface area (Å²) < 4.78 is 5.15. The molecule has 3 rings (SSSR count). The van der Waals surface area contributed by atoms with Gasteiger partial charge >= 0.3 is 0 Å². The molecule has 1 heterocycles. The number of nitrogens with one attached hydrogen (secondary N) is 1. The van der Waals surface area contributed by atoms with E-state index in [1.165, 1.54) is 16.3 Å². The minimum atomic E-state index is 0.785. The highest BCUT2D eigenvalue weighted by atomic mass is 16.5. The smallest absolute Gasteiger partial charge is 0.119 e. The first kappa shape index (κ1) is 12.5. The molecule has 0 bridgehead atoms. The van der Waals surface area contributed by atoms with Crippen LogP contribution in [-0.2, 0) is 6.54 Å². The number of aromatic nitrogens is 1. The van der Waals surface area contributed by atoms with E-state index in [1.807, 2.05) is 36.7 Å². The van der Waals surface area contributed by atoms with Gasteiger partial charge in [-0.05, 0) is 41.3 Å². The molecule has 1 aromatic heterocycles. The van der Waals surface area contributed by atoms with E-state index < -0.39 is 0 Å². The monoisotopic (exact) mass is 264 g/mol. The number of hydrogen-bond donors (Lipinski definition) is 1. The van der Waals surface area contributed by atoms with Crippen LogP contribution in [0.15, 0.2) is 60.9 Å². The van der Waals surface area contributed by atoms with Gasteiger partial charge in [0.25, 0.3) is 0 Å². The van der Waals surface area contributed by atoms with E-state index in [0.717, 1.165) is 18.0 Å². The maximum Gasteiger partial charge on any atom is 0.119 e. The summed E-state index contributed by atoms with van der Waals surface area (Å²) in [5.41, 5.74) is 2.34. The Kier molecular flexibility index (Phi) is 3.50. The number of rotatable bonds is 4. The summed E-state index contributed by atoms with van der Waals surface area (Å²) in [6.07, 6.45) is 3.73. The summed E-state index contributed by atoms with van der Waals surface area (Å²) in [5.74, 6) is 0.867. The standard InChI is InChI=1S/C17H16N2O/c1-20-16-7-5-15(6-8-16)19-12-14-4-2-3-13-11-18-10-9-17(13)14/h2-11,19H,12H2,1H3. The second-order valence-corrected chi connectivity index (χ2v) is 4.60. The van der Waals surface area contributed by atoms with Crippen LogP contribution >= 0.6 is 0 Å². The first-order valence-electron chi connectivity index (χ1n) is 6.56. The summed E-state index contributed by atoms with van der Waals surface area (Å²) in [6, 6.07) is 16.3. The highest BCUT2D eigenvalue weighted by Gasteiger charge is 2.00. The molecule has 0 unspecified atom stereocenters. The van der Waals surface area contributed by atoms with E-state index in [-0.39, 0.29) is 0 Å². The molecule has 0 aliphatic rings. The van der Waals surface area contributed by atoms with Gasteiger partial charge in [-0.2, -0.15) is 0 Å². The van der Waals surface area contributed by atoms with Gasteiger partial charge in [0.05, 0.1) is 7.11 Å². The number of hydrogen-bond acceptors (Lipinski definition) is 3. The lowest BCUT2D eigenvalue weighted by atomic mass is 10.1. The second kappa shape index (κ2) is 5.61. The minimum Gasteiger partial charge on any atom is -0.497 e. The molecular weight excluding hydrogens is 248 g/mol. The van der Waals surface area contributed by atoms with Crippen molar-refractivity contribution in [3.63, 3.8) is 0 Å². The number of benzene rings is 2. The average molecular weight is 264 g/mol. The van der Waals surface area contributed by atoms with Crippen molar-refractivity contribution in [1.82, 2.24) is 4.98 Å². The molecule has 0 aliphatic carbocycles. The molecule has 0 saturated carbocycles. The van der Waals surface area contributed by atoms with Gasteiger partial charge in [0.1, 0.15) is 5.75 Å². The van der Waals surface area contributed by atoms with E-state index in [0.29, 0.717) is 0 Å². The lowest BCUT2D eigenvalue weighted by Crippen LogP contribution is -2.00. The molecule has 0 saturated heterocycles. The predicted molar refractivity (Wildman–Crippen MR) is 82.1 cm³/mol. The van der Waals surface area contributed by atoms with Crippen LogP contribution in [0.25, 0.3) is 10.8 Å². The van der Waals surface area contributed by atoms with Crippen LogP contribution in [0.3, 0.4) is 0 Å². The van der Waals surface area contributed by atoms with Crippen molar-refractivity contribution in [2.45, 2.75) is 6.54 Å². The Labute approximate surface area is 118 Å². The Morgan fingerprint density at radius 2 is 1.90 bits per heavy atom. The third kappa shape index (κ3) is 2.57. The SMILES string of the molecule is COc1ccc(NCc2cccc3cnccc23)cc1. The Hall–Kier alpha value is -2.55. The van der Waals surface area contributed by atoms with E-state index in [4.69, 9.17) is 4.74 Å². The summed E-state index contributed by atoms with van der Waals surface area (Å²) >= 11 is 0. The molecule has 0 aliphatic heterocycles. The molecule has 3 heteroatoms. The van der Waals surface area contributed by atoms with Crippen molar-refractivity contribution in [2.24, 2.45) is 0 Å². The Morgan fingerprint density at radius 3 is 2.70 bits per heavy atom. The van der Waals surface area contributed by atoms with E-state index in [9.17, 15) is 0 Å². The van der Waals surface area contributed by atoms with Gasteiger partial charge in [-0.1, -0.05) is 18.2 Å². The van der Waals surface area contributed by atoms with Crippen molar-refractivity contribution in [2.75, 3.05) is 12.4 Å². The van der Waals surface area contributed by atoms with Crippen molar-refractivity contribution in [3.8, 4) is 5.75 Å². The maximum absolute atomic E-state index is 5.15. The zero-order valence-corrected chi connectivity index (χ0v) is 11.3. The van der Waals surface area contributed by atoms with Crippen molar-refractivity contribution >= 4 is 16.5 Å². The Bertz CT molecular complexity index is 702. The van der Waals surface area contributed by atoms with Crippen molar-refractivity contribution in [3.05, 3.63) is 66.5 Å². The van der Waals surface area contributed by atoms with E-state index in [1.54, 1.807) is 7.11 Å². The van der Waals surface area contributed by atoms with Gasteiger partial charge in [0.2, 0.25) is 0 Å². The quantitative estimate of drug-likeness (QED) is 0.777. The van der Waals surface area contributed by atoms with Gasteiger partial charge < -0.3 is 10.1 Å². The molecule has 0 fully saturated rings. The highest BCUT2D eigenvalue weighted by molar-refractivity contribution is 5.84. The third-order valence-electron chi connectivity index (χ3n) is 3.34. The molecule has 0 spiro atoms. The number of pyridine rings is 1. The fraction of sp³-hybridized carbons (Fsp3) is 0.118. The van der Waals surface area contributed by atoms with Gasteiger partial charge in [-0.3, -0.25) is 4.98 Å². The lowest BCUT2D eigenvalue weighted by molar-refractivity contribution is 0.415. The lowest BCUT2D eigenvalue weighted by Gasteiger charge is -2.09. The summed E-state index contributed by atoms with van der Waals surface area (Å²) in [5, 5.41) is 5.84. The van der Waals surface area contributed by atoms with E-state index >= 15 is 0 Å². The van der Waals surface area contributed by atoms with Crippen LogP contribution < -0.4 is 10.1 Å². The number of methoxy groups -OCH3 is 1. The topological polar surface area (TPSA) is 34.1 Å². The normalized spacial score (nSPS) is 10.4. The van der Waals surface area contributed by atoms with Crippen LogP contribution in [0, 0.1) is 0 Å². The molecule has 3 nitrogen and oxygen atoms in total. The minimum absolute atomic E-state index is 0.785. The summed E-state index contributed by atoms with van der Waals surface area (Å²) in [4.78, 5) is 4.16. The van der Waals surface area contributed by atoms with Gasteiger partial charge in [0.15, 0.2) is 0 Å². The van der Waals surface area contributed by atoms with Gasteiger partial charge in [-0.15, -0.1) is 0 Å². The zero-order chi connectivity index (χ0) is 13.8. The number of ether oxygens (including phenoxy) is 1. The van der Waals surface area contributed by atoms with Gasteiger partial charge in [0, 0.05) is 30.0 Å². The molecule has 2 aromatic carbocycles. The van der Waals surface area contributed by atoms with E-state index in [2.05, 4.69) is 34.6 Å². The molecule has 3 aromatic rings. The summed E-state index contributed by atoms with van der Waals surface area (Å²) in [7, 11) is 1.67. The fourth-order valence-electron chi connectivity index (χ4n) is 2.25. The summed E-state index contributed by atoms with van der Waals surface area (Å²) in [6.45, 7) is 0.785. The van der Waals surface area contributed by atoms with Crippen LogP contribution in [0.4, 0.5) is 5.69 Å². The Morgan fingerprint density at radius 1 is 1.05 bits per heavy atom. The number of nitrogens with zero attached hydrogens (tertiary/aromatic N) is 1. The zero-order valence-electron chi connectivity index (χ0n) is 11.3. The molecule has 20 heavy (non-hydrogen) atoms. The van der Waals surface area contributed by atoms with Crippen LogP contribution in [0.1, 0.15) is 5.56 Å². The molecule has 0 amide bonds. The number of fused-ring (bicyclic) bond motifs is 1. The predicted octanol–water partition coefficient (Wildman–Crippen LogP) is 3.86. The fourth-order valence-corrected chi connectivity index (χ4v) is 2.25. The van der Waals surface area contributed by atoms with Crippen LogP contribution in [0.5, 0.6) is 5.75 Å².